The highest BCUT2D eigenvalue weighted by Crippen LogP contribution is 2.14. The lowest BCUT2D eigenvalue weighted by atomic mass is 10.3. The van der Waals surface area contributed by atoms with Crippen molar-refractivity contribution in [3.05, 3.63) is 28.7 Å². The second kappa shape index (κ2) is 11.0. The molecule has 0 aliphatic carbocycles. The van der Waals surface area contributed by atoms with Gasteiger partial charge < -0.3 is 10.6 Å². The zero-order valence-corrected chi connectivity index (χ0v) is 15.5. The number of hydrogen-bond acceptors (Lipinski definition) is 4. The molecule has 0 unspecified atom stereocenters. The van der Waals surface area contributed by atoms with Crippen molar-refractivity contribution >= 4 is 44.3 Å². The van der Waals surface area contributed by atoms with Gasteiger partial charge in [0.1, 0.15) is 0 Å². The van der Waals surface area contributed by atoms with Crippen LogP contribution in [0.1, 0.15) is 12.8 Å². The van der Waals surface area contributed by atoms with Crippen molar-refractivity contribution in [2.45, 2.75) is 17.7 Å². The fraction of sp³-hybridized carbons (Fsp3) is 0.462. The van der Waals surface area contributed by atoms with Gasteiger partial charge in [0.15, 0.2) is 0 Å². The summed E-state index contributed by atoms with van der Waals surface area (Å²) in [6, 6.07) is 6.32. The minimum Gasteiger partial charge on any atom is -0.356 e. The molecule has 0 atom stereocenters. The van der Waals surface area contributed by atoms with E-state index in [1.165, 1.54) is 12.1 Å². The summed E-state index contributed by atoms with van der Waals surface area (Å²) < 4.78 is 27.1. The topological polar surface area (TPSA) is 87.3 Å². The molecule has 126 valence electrons. The standard InChI is InChI=1S/C13H20BrN3O3S.ClH/c1-15-8-2-9-16-13(18)7-10-17-21(19,20)12-5-3-11(14)4-6-12;/h3-6,15,17H,2,7-10H2,1H3,(H,16,18);1H. The predicted octanol–water partition coefficient (Wildman–Crippen LogP) is 1.26. The van der Waals surface area contributed by atoms with E-state index in [1.54, 1.807) is 12.1 Å². The van der Waals surface area contributed by atoms with E-state index in [0.29, 0.717) is 6.54 Å². The minimum absolute atomic E-state index is 0. The molecule has 6 nitrogen and oxygen atoms in total. The van der Waals surface area contributed by atoms with E-state index in [0.717, 1.165) is 17.4 Å². The summed E-state index contributed by atoms with van der Waals surface area (Å²) in [6.07, 6.45) is 0.960. The molecular formula is C13H21BrClN3O3S. The lowest BCUT2D eigenvalue weighted by Gasteiger charge is -2.07. The molecule has 0 spiro atoms. The normalized spacial score (nSPS) is 10.8. The maximum atomic E-state index is 12.0. The molecule has 0 radical (unpaired) electrons. The van der Waals surface area contributed by atoms with E-state index in [4.69, 9.17) is 0 Å². The van der Waals surface area contributed by atoms with Gasteiger partial charge in [0.2, 0.25) is 15.9 Å². The first-order valence-corrected chi connectivity index (χ1v) is 8.90. The average Bonchev–Trinajstić information content (AvgIpc) is 2.44. The number of benzene rings is 1. The number of hydrogen-bond donors (Lipinski definition) is 3. The molecule has 0 aromatic heterocycles. The number of carbonyl (C=O) groups is 1. The highest BCUT2D eigenvalue weighted by Gasteiger charge is 2.13. The number of sulfonamides is 1. The van der Waals surface area contributed by atoms with Crippen LogP contribution in [0.4, 0.5) is 0 Å². The van der Waals surface area contributed by atoms with Crippen molar-refractivity contribution in [1.29, 1.82) is 0 Å². The number of carbonyl (C=O) groups excluding carboxylic acids is 1. The maximum Gasteiger partial charge on any atom is 0.240 e. The summed E-state index contributed by atoms with van der Waals surface area (Å²) in [5.41, 5.74) is 0. The van der Waals surface area contributed by atoms with Gasteiger partial charge in [-0.2, -0.15) is 0 Å². The summed E-state index contributed by atoms with van der Waals surface area (Å²) in [6.45, 7) is 1.49. The molecule has 0 aliphatic heterocycles. The quantitative estimate of drug-likeness (QED) is 0.531. The van der Waals surface area contributed by atoms with Crippen LogP contribution in [-0.4, -0.2) is 41.0 Å². The van der Waals surface area contributed by atoms with E-state index in [2.05, 4.69) is 31.3 Å². The molecule has 1 aromatic carbocycles. The Morgan fingerprint density at radius 1 is 1.14 bits per heavy atom. The highest BCUT2D eigenvalue weighted by atomic mass is 79.9. The largest absolute Gasteiger partial charge is 0.356 e. The summed E-state index contributed by atoms with van der Waals surface area (Å²) in [5.74, 6) is -0.162. The van der Waals surface area contributed by atoms with Crippen LogP contribution < -0.4 is 15.4 Å². The third-order valence-corrected chi connectivity index (χ3v) is 4.70. The van der Waals surface area contributed by atoms with E-state index < -0.39 is 10.0 Å². The summed E-state index contributed by atoms with van der Waals surface area (Å²) >= 11 is 3.25. The molecule has 0 aliphatic rings. The molecule has 22 heavy (non-hydrogen) atoms. The van der Waals surface area contributed by atoms with Gasteiger partial charge >= 0.3 is 0 Å². The Morgan fingerprint density at radius 2 is 1.77 bits per heavy atom. The number of halogens is 2. The first-order chi connectivity index (χ1) is 9.95. The number of rotatable bonds is 9. The molecule has 9 heteroatoms. The summed E-state index contributed by atoms with van der Waals surface area (Å²) in [5, 5.41) is 5.71. The van der Waals surface area contributed by atoms with Crippen LogP contribution >= 0.6 is 28.3 Å². The Bertz CT molecular complexity index is 552. The Morgan fingerprint density at radius 3 is 2.36 bits per heavy atom. The number of amides is 1. The highest BCUT2D eigenvalue weighted by molar-refractivity contribution is 9.10. The summed E-state index contributed by atoms with van der Waals surface area (Å²) in [4.78, 5) is 11.7. The van der Waals surface area contributed by atoms with E-state index in [1.807, 2.05) is 7.05 Å². The maximum absolute atomic E-state index is 12.0. The van der Waals surface area contributed by atoms with Crippen LogP contribution in [0.25, 0.3) is 0 Å². The van der Waals surface area contributed by atoms with Crippen molar-refractivity contribution in [3.8, 4) is 0 Å². The zero-order valence-electron chi connectivity index (χ0n) is 12.3. The van der Waals surface area contributed by atoms with Gasteiger partial charge in [-0.1, -0.05) is 15.9 Å². The second-order valence-electron chi connectivity index (χ2n) is 4.41. The molecule has 0 bridgehead atoms. The van der Waals surface area contributed by atoms with E-state index in [-0.39, 0.29) is 36.2 Å². The Labute approximate surface area is 146 Å². The molecule has 0 saturated carbocycles. The van der Waals surface area contributed by atoms with Crippen molar-refractivity contribution in [2.75, 3.05) is 26.7 Å². The summed E-state index contributed by atoms with van der Waals surface area (Å²) in [7, 11) is -1.72. The predicted molar refractivity (Wildman–Crippen MR) is 92.7 cm³/mol. The van der Waals surface area contributed by atoms with Gasteiger partial charge in [0.25, 0.3) is 0 Å². The molecule has 1 aromatic rings. The van der Waals surface area contributed by atoms with Crippen LogP contribution in [0.5, 0.6) is 0 Å². The fourth-order valence-electron chi connectivity index (χ4n) is 1.58. The number of nitrogens with one attached hydrogen (secondary N) is 3. The van der Waals surface area contributed by atoms with Crippen LogP contribution in [-0.2, 0) is 14.8 Å². The average molecular weight is 415 g/mol. The van der Waals surface area contributed by atoms with Gasteiger partial charge in [-0.25, -0.2) is 13.1 Å². The minimum atomic E-state index is -3.56. The monoisotopic (exact) mass is 413 g/mol. The zero-order chi connectivity index (χ0) is 15.7. The van der Waals surface area contributed by atoms with Gasteiger partial charge in [-0.15, -0.1) is 12.4 Å². The fourth-order valence-corrected chi connectivity index (χ4v) is 2.87. The molecule has 0 heterocycles. The van der Waals surface area contributed by atoms with Gasteiger partial charge in [0.05, 0.1) is 4.90 Å². The lowest BCUT2D eigenvalue weighted by Crippen LogP contribution is -2.31. The molecule has 1 amide bonds. The SMILES string of the molecule is CNCCCNC(=O)CCNS(=O)(=O)c1ccc(Br)cc1.Cl. The molecule has 0 fully saturated rings. The van der Waals surface area contributed by atoms with Crippen molar-refractivity contribution in [2.24, 2.45) is 0 Å². The third-order valence-electron chi connectivity index (χ3n) is 2.69. The van der Waals surface area contributed by atoms with Crippen molar-refractivity contribution < 1.29 is 13.2 Å². The lowest BCUT2D eigenvalue weighted by molar-refractivity contribution is -0.120. The Hall–Kier alpha value is -0.670. The van der Waals surface area contributed by atoms with Gasteiger partial charge in [-0.3, -0.25) is 4.79 Å². The van der Waals surface area contributed by atoms with Crippen LogP contribution in [0.2, 0.25) is 0 Å². The molecule has 0 saturated heterocycles. The first-order valence-electron chi connectivity index (χ1n) is 6.62. The first kappa shape index (κ1) is 21.3. The Kier molecular flexibility index (Phi) is 10.6. The molecule has 1 rings (SSSR count). The Balaban J connectivity index is 0.00000441. The van der Waals surface area contributed by atoms with Crippen LogP contribution in [0.3, 0.4) is 0 Å². The van der Waals surface area contributed by atoms with E-state index in [9.17, 15) is 13.2 Å². The van der Waals surface area contributed by atoms with E-state index >= 15 is 0 Å². The third kappa shape index (κ3) is 8.09. The van der Waals surface area contributed by atoms with Crippen LogP contribution in [0, 0.1) is 0 Å². The van der Waals surface area contributed by atoms with Crippen molar-refractivity contribution in [3.63, 3.8) is 0 Å². The van der Waals surface area contributed by atoms with Crippen LogP contribution in [0.15, 0.2) is 33.6 Å². The van der Waals surface area contributed by atoms with Gasteiger partial charge in [-0.05, 0) is 44.3 Å². The smallest absolute Gasteiger partial charge is 0.240 e. The molecule has 3 N–H and O–H groups in total. The van der Waals surface area contributed by atoms with Gasteiger partial charge in [0, 0.05) is 24.0 Å². The second-order valence-corrected chi connectivity index (χ2v) is 7.09. The van der Waals surface area contributed by atoms with Crippen molar-refractivity contribution in [1.82, 2.24) is 15.4 Å². The molecular weight excluding hydrogens is 394 g/mol.